The van der Waals surface area contributed by atoms with Gasteiger partial charge in [-0.05, 0) is 12.1 Å². The molecule has 0 radical (unpaired) electrons. The second kappa shape index (κ2) is 8.81. The first-order chi connectivity index (χ1) is 12.4. The molecule has 0 aliphatic carbocycles. The first kappa shape index (κ1) is 19.9. The lowest BCUT2D eigenvalue weighted by Crippen LogP contribution is -2.31. The maximum absolute atomic E-state index is 11.2. The highest BCUT2D eigenvalue weighted by atomic mass is 35.5. The van der Waals surface area contributed by atoms with E-state index in [4.69, 9.17) is 39.1 Å². The Bertz CT molecular complexity index is 778. The lowest BCUT2D eigenvalue weighted by atomic mass is 10.3. The van der Waals surface area contributed by atoms with E-state index in [0.29, 0.717) is 5.69 Å². The molecule has 1 heterocycles. The van der Waals surface area contributed by atoms with Crippen LogP contribution in [0.1, 0.15) is 0 Å². The van der Waals surface area contributed by atoms with Gasteiger partial charge in [0, 0.05) is 18.8 Å². The van der Waals surface area contributed by atoms with Crippen LogP contribution in [0, 0.1) is 10.1 Å². The molecule has 0 spiro atoms. The van der Waals surface area contributed by atoms with Crippen molar-refractivity contribution in [3.63, 3.8) is 0 Å². The van der Waals surface area contributed by atoms with Crippen LogP contribution in [-0.2, 0) is 0 Å². The highest BCUT2D eigenvalue weighted by molar-refractivity contribution is 6.39. The molecule has 1 aromatic heterocycles. The minimum atomic E-state index is -0.641. The molecule has 2 rings (SSSR count). The number of nitrogens with zero attached hydrogens (tertiary/aromatic N) is 4. The first-order valence-electron chi connectivity index (χ1n) is 7.37. The van der Waals surface area contributed by atoms with Gasteiger partial charge in [-0.2, -0.15) is 4.98 Å². The Balaban J connectivity index is 2.41. The summed E-state index contributed by atoms with van der Waals surface area (Å²) in [5.74, 6) is 0.00613. The smallest absolute Gasteiger partial charge is 0.329 e. The average Bonchev–Trinajstić information content (AvgIpc) is 2.59. The number of nitrogen functional groups attached to an aromatic ring is 1. The average molecular weight is 403 g/mol. The molecule has 0 aliphatic heterocycles. The van der Waals surface area contributed by atoms with Crippen molar-refractivity contribution in [2.75, 3.05) is 42.3 Å². The van der Waals surface area contributed by atoms with Gasteiger partial charge in [0.1, 0.15) is 6.20 Å². The first-order valence-corrected chi connectivity index (χ1v) is 8.12. The number of aliphatic hydroxyl groups excluding tert-OH is 2. The van der Waals surface area contributed by atoms with Crippen molar-refractivity contribution >= 4 is 52.0 Å². The number of nitro groups is 1. The number of rotatable bonds is 8. The summed E-state index contributed by atoms with van der Waals surface area (Å²) in [4.78, 5) is 20.0. The van der Waals surface area contributed by atoms with Crippen molar-refractivity contribution in [3.05, 3.63) is 38.5 Å². The molecular weight excluding hydrogens is 387 g/mol. The van der Waals surface area contributed by atoms with Crippen LogP contribution in [0.4, 0.5) is 28.8 Å². The van der Waals surface area contributed by atoms with Gasteiger partial charge in [0.25, 0.3) is 0 Å². The van der Waals surface area contributed by atoms with Gasteiger partial charge in [0.15, 0.2) is 0 Å². The van der Waals surface area contributed by atoms with Crippen molar-refractivity contribution in [2.45, 2.75) is 0 Å². The predicted octanol–water partition coefficient (Wildman–Crippen LogP) is 1.81. The monoisotopic (exact) mass is 402 g/mol. The number of hydrogen-bond donors (Lipinski definition) is 4. The molecular formula is C14H16Cl2N6O4. The van der Waals surface area contributed by atoms with Crippen molar-refractivity contribution in [3.8, 4) is 0 Å². The normalized spacial score (nSPS) is 10.6. The van der Waals surface area contributed by atoms with E-state index in [-0.39, 0.29) is 59.5 Å². The van der Waals surface area contributed by atoms with Crippen molar-refractivity contribution in [1.82, 2.24) is 9.97 Å². The maximum Gasteiger partial charge on any atom is 0.329 e. The summed E-state index contributed by atoms with van der Waals surface area (Å²) < 4.78 is 0. The number of anilines is 4. The second-order valence-corrected chi connectivity index (χ2v) is 5.89. The third kappa shape index (κ3) is 4.61. The maximum atomic E-state index is 11.2. The Morgan fingerprint density at radius 1 is 1.23 bits per heavy atom. The zero-order valence-electron chi connectivity index (χ0n) is 13.4. The van der Waals surface area contributed by atoms with Gasteiger partial charge in [-0.15, -0.1) is 0 Å². The molecule has 0 fully saturated rings. The Morgan fingerprint density at radius 2 is 1.81 bits per heavy atom. The number of nitrogens with one attached hydrogen (secondary N) is 1. The number of hydrogen-bond acceptors (Lipinski definition) is 9. The van der Waals surface area contributed by atoms with Crippen LogP contribution in [0.3, 0.4) is 0 Å². The number of aromatic nitrogens is 2. The van der Waals surface area contributed by atoms with Crippen molar-refractivity contribution in [2.24, 2.45) is 0 Å². The fraction of sp³-hybridized carbons (Fsp3) is 0.286. The number of benzene rings is 1. The molecule has 2 aromatic rings. The van der Waals surface area contributed by atoms with Crippen LogP contribution in [0.2, 0.25) is 10.0 Å². The Labute approximate surface area is 158 Å². The summed E-state index contributed by atoms with van der Waals surface area (Å²) in [6, 6.07) is 3.01. The van der Waals surface area contributed by atoms with Gasteiger partial charge >= 0.3 is 5.69 Å². The molecule has 0 atom stereocenters. The Hall–Kier alpha value is -2.40. The lowest BCUT2D eigenvalue weighted by molar-refractivity contribution is -0.384. The highest BCUT2D eigenvalue weighted by Crippen LogP contribution is 2.33. The van der Waals surface area contributed by atoms with E-state index >= 15 is 0 Å². The van der Waals surface area contributed by atoms with Gasteiger partial charge < -0.3 is 26.2 Å². The van der Waals surface area contributed by atoms with E-state index < -0.39 is 4.92 Å². The summed E-state index contributed by atoms with van der Waals surface area (Å²) in [5.41, 5.74) is 5.98. The quantitative estimate of drug-likeness (QED) is 0.294. The minimum Gasteiger partial charge on any atom is -0.396 e. The zero-order valence-corrected chi connectivity index (χ0v) is 14.9. The molecule has 0 aliphatic rings. The minimum absolute atomic E-state index is 0.0387. The Kier molecular flexibility index (Phi) is 6.75. The van der Waals surface area contributed by atoms with Crippen LogP contribution in [0.5, 0.6) is 0 Å². The van der Waals surface area contributed by atoms with Gasteiger partial charge in [-0.3, -0.25) is 10.1 Å². The summed E-state index contributed by atoms with van der Waals surface area (Å²) >= 11 is 11.9. The lowest BCUT2D eigenvalue weighted by Gasteiger charge is -2.21. The van der Waals surface area contributed by atoms with Crippen molar-refractivity contribution in [1.29, 1.82) is 0 Å². The van der Waals surface area contributed by atoms with Gasteiger partial charge in [-0.25, -0.2) is 4.98 Å². The zero-order chi connectivity index (χ0) is 19.3. The fourth-order valence-electron chi connectivity index (χ4n) is 2.14. The van der Waals surface area contributed by atoms with Crippen LogP contribution in [-0.4, -0.2) is 51.4 Å². The molecule has 26 heavy (non-hydrogen) atoms. The Morgan fingerprint density at radius 3 is 2.31 bits per heavy atom. The van der Waals surface area contributed by atoms with E-state index in [1.54, 1.807) is 0 Å². The van der Waals surface area contributed by atoms with E-state index in [1.165, 1.54) is 17.0 Å². The molecule has 1 aromatic carbocycles. The molecule has 5 N–H and O–H groups in total. The van der Waals surface area contributed by atoms with E-state index in [0.717, 1.165) is 6.20 Å². The summed E-state index contributed by atoms with van der Waals surface area (Å²) in [6.07, 6.45) is 1.03. The SMILES string of the molecule is Nc1c(Cl)cc(Nc2ncc([N+](=O)[O-])c(N(CCO)CCO)n2)cc1Cl. The third-order valence-electron chi connectivity index (χ3n) is 3.32. The number of aliphatic hydroxyl groups is 2. The molecule has 10 nitrogen and oxygen atoms in total. The molecule has 0 bridgehead atoms. The predicted molar refractivity (Wildman–Crippen MR) is 99.2 cm³/mol. The summed E-state index contributed by atoms with van der Waals surface area (Å²) in [6.45, 7) is -0.436. The van der Waals surface area contributed by atoms with Gasteiger partial charge in [0.05, 0.1) is 33.9 Å². The van der Waals surface area contributed by atoms with Crippen LogP contribution >= 0.6 is 23.2 Å². The molecule has 0 saturated heterocycles. The summed E-state index contributed by atoms with van der Waals surface area (Å²) in [7, 11) is 0. The second-order valence-electron chi connectivity index (χ2n) is 5.07. The largest absolute Gasteiger partial charge is 0.396 e. The standard InChI is InChI=1S/C14H16Cl2N6O4/c15-9-5-8(6-10(16)12(9)17)19-14-18-7-11(22(25)26)13(20-14)21(1-3-23)2-4-24/h5-7,23-24H,1-4,17H2,(H,18,19,20). The van der Waals surface area contributed by atoms with E-state index in [1.807, 2.05) is 0 Å². The number of halogens is 2. The number of nitrogens with two attached hydrogens (primary N) is 1. The van der Waals surface area contributed by atoms with Crippen LogP contribution in [0.15, 0.2) is 18.3 Å². The van der Waals surface area contributed by atoms with E-state index in [2.05, 4.69) is 15.3 Å². The van der Waals surface area contributed by atoms with Crippen LogP contribution in [0.25, 0.3) is 0 Å². The summed E-state index contributed by atoms with van der Waals surface area (Å²) in [5, 5.41) is 32.8. The third-order valence-corrected chi connectivity index (χ3v) is 3.95. The molecule has 0 unspecified atom stereocenters. The molecule has 140 valence electrons. The molecule has 0 saturated carbocycles. The fourth-order valence-corrected chi connectivity index (χ4v) is 2.63. The van der Waals surface area contributed by atoms with E-state index in [9.17, 15) is 10.1 Å². The van der Waals surface area contributed by atoms with Gasteiger partial charge in [-0.1, -0.05) is 23.2 Å². The topological polar surface area (TPSA) is 151 Å². The van der Waals surface area contributed by atoms with Crippen LogP contribution < -0.4 is 16.0 Å². The van der Waals surface area contributed by atoms with Gasteiger partial charge in [0.2, 0.25) is 11.8 Å². The highest BCUT2D eigenvalue weighted by Gasteiger charge is 2.23. The molecule has 0 amide bonds. The molecule has 12 heteroatoms. The van der Waals surface area contributed by atoms with Crippen molar-refractivity contribution < 1.29 is 15.1 Å².